The maximum atomic E-state index is 12.3. The summed E-state index contributed by atoms with van der Waals surface area (Å²) in [5.41, 5.74) is 1.05. The highest BCUT2D eigenvalue weighted by Crippen LogP contribution is 2.34. The fourth-order valence-electron chi connectivity index (χ4n) is 5.00. The Morgan fingerprint density at radius 2 is 1.90 bits per heavy atom. The van der Waals surface area contributed by atoms with Gasteiger partial charge in [-0.25, -0.2) is 4.68 Å². The highest BCUT2D eigenvalue weighted by Gasteiger charge is 2.49. The molecule has 3 heterocycles. The Morgan fingerprint density at radius 1 is 1.10 bits per heavy atom. The van der Waals surface area contributed by atoms with E-state index in [4.69, 9.17) is 14.2 Å². The first-order valence-electron chi connectivity index (χ1n) is 11.4. The van der Waals surface area contributed by atoms with Gasteiger partial charge in [-0.1, -0.05) is 55.5 Å². The third-order valence-corrected chi connectivity index (χ3v) is 6.61. The summed E-state index contributed by atoms with van der Waals surface area (Å²) in [4.78, 5) is 12.3. The van der Waals surface area contributed by atoms with Crippen molar-refractivity contribution >= 4 is 5.91 Å². The molecule has 1 N–H and O–H groups in total. The van der Waals surface area contributed by atoms with Crippen LogP contribution in [-0.4, -0.2) is 59.0 Å². The van der Waals surface area contributed by atoms with Gasteiger partial charge in [0.2, 0.25) is 0 Å². The number of nitrogens with one attached hydrogen (secondary N) is 1. The quantitative estimate of drug-likeness (QED) is 0.731. The molecule has 8 heteroatoms. The van der Waals surface area contributed by atoms with E-state index >= 15 is 0 Å². The molecule has 1 aromatic carbocycles. The van der Waals surface area contributed by atoms with Gasteiger partial charge < -0.3 is 19.5 Å². The first-order valence-corrected chi connectivity index (χ1v) is 11.4. The Balaban J connectivity index is 1.13. The van der Waals surface area contributed by atoms with E-state index in [2.05, 4.69) is 15.6 Å². The zero-order valence-corrected chi connectivity index (χ0v) is 17.7. The smallest absolute Gasteiger partial charge is 0.258 e. The Labute approximate surface area is 182 Å². The average Bonchev–Trinajstić information content (AvgIpc) is 3.52. The van der Waals surface area contributed by atoms with Gasteiger partial charge in [-0.05, 0) is 24.5 Å². The molecule has 2 aromatic rings. The SMILES string of the molecule is O=C(COc1ccccc1)N[C@H]1CO[C@H]2[C@@H]1OC[C@@H]2n1cc(CC2CCCCC2)nn1. The number of carbonyl (C=O) groups excluding carboxylic acids is 1. The van der Waals surface area contributed by atoms with Crippen molar-refractivity contribution in [1.29, 1.82) is 0 Å². The van der Waals surface area contributed by atoms with E-state index in [9.17, 15) is 4.79 Å². The molecule has 1 saturated carbocycles. The summed E-state index contributed by atoms with van der Waals surface area (Å²) in [7, 11) is 0. The van der Waals surface area contributed by atoms with Crippen LogP contribution in [0.4, 0.5) is 0 Å². The molecule has 2 saturated heterocycles. The lowest BCUT2D eigenvalue weighted by atomic mass is 9.86. The van der Waals surface area contributed by atoms with Gasteiger partial charge >= 0.3 is 0 Å². The lowest BCUT2D eigenvalue weighted by Gasteiger charge is -2.20. The normalized spacial score (nSPS) is 28.4. The van der Waals surface area contributed by atoms with Crippen molar-refractivity contribution in [3.63, 3.8) is 0 Å². The summed E-state index contributed by atoms with van der Waals surface area (Å²) >= 11 is 0. The first-order chi connectivity index (χ1) is 15.3. The van der Waals surface area contributed by atoms with Crippen molar-refractivity contribution in [3.05, 3.63) is 42.2 Å². The maximum Gasteiger partial charge on any atom is 0.258 e. The molecule has 0 radical (unpaired) electrons. The van der Waals surface area contributed by atoms with Crippen LogP contribution in [0.5, 0.6) is 5.75 Å². The number of benzene rings is 1. The Hall–Kier alpha value is -2.45. The van der Waals surface area contributed by atoms with E-state index in [0.717, 1.165) is 18.0 Å². The number of amides is 1. The number of rotatable bonds is 7. The van der Waals surface area contributed by atoms with Crippen LogP contribution in [0, 0.1) is 5.92 Å². The van der Waals surface area contributed by atoms with Crippen molar-refractivity contribution in [3.8, 4) is 5.75 Å². The summed E-state index contributed by atoms with van der Waals surface area (Å²) in [6.07, 6.45) is 9.34. The Bertz CT molecular complexity index is 867. The molecule has 0 unspecified atom stereocenters. The van der Waals surface area contributed by atoms with Gasteiger partial charge in [0.25, 0.3) is 5.91 Å². The molecule has 0 bridgehead atoms. The molecule has 8 nitrogen and oxygen atoms in total. The van der Waals surface area contributed by atoms with Crippen molar-refractivity contribution in [2.75, 3.05) is 19.8 Å². The maximum absolute atomic E-state index is 12.3. The Kier molecular flexibility index (Phi) is 6.18. The molecule has 3 fully saturated rings. The minimum absolute atomic E-state index is 0.0138. The van der Waals surface area contributed by atoms with Crippen LogP contribution in [0.3, 0.4) is 0 Å². The Morgan fingerprint density at radius 3 is 2.74 bits per heavy atom. The molecule has 5 rings (SSSR count). The van der Waals surface area contributed by atoms with Crippen molar-refractivity contribution in [1.82, 2.24) is 20.3 Å². The van der Waals surface area contributed by atoms with Gasteiger partial charge in [0.15, 0.2) is 6.61 Å². The van der Waals surface area contributed by atoms with Crippen LogP contribution in [-0.2, 0) is 20.7 Å². The van der Waals surface area contributed by atoms with Crippen LogP contribution in [0.15, 0.2) is 36.5 Å². The summed E-state index contributed by atoms with van der Waals surface area (Å²) in [5, 5.41) is 11.8. The van der Waals surface area contributed by atoms with Gasteiger partial charge in [-0.15, -0.1) is 5.10 Å². The van der Waals surface area contributed by atoms with Gasteiger partial charge in [0.1, 0.15) is 24.0 Å². The second kappa shape index (κ2) is 9.36. The molecule has 4 atom stereocenters. The summed E-state index contributed by atoms with van der Waals surface area (Å²) in [5.74, 6) is 1.22. The second-order valence-electron chi connectivity index (χ2n) is 8.84. The van der Waals surface area contributed by atoms with E-state index in [0.29, 0.717) is 19.0 Å². The molecule has 3 aliphatic rings. The van der Waals surface area contributed by atoms with Crippen molar-refractivity contribution in [2.24, 2.45) is 5.92 Å². The fourth-order valence-corrected chi connectivity index (χ4v) is 5.00. The van der Waals surface area contributed by atoms with Crippen molar-refractivity contribution in [2.45, 2.75) is 62.8 Å². The summed E-state index contributed by atoms with van der Waals surface area (Å²) in [6, 6.07) is 9.11. The number of hydrogen-bond donors (Lipinski definition) is 1. The second-order valence-corrected chi connectivity index (χ2v) is 8.84. The number of aromatic nitrogens is 3. The van der Waals surface area contributed by atoms with E-state index < -0.39 is 0 Å². The first kappa shape index (κ1) is 20.5. The van der Waals surface area contributed by atoms with Gasteiger partial charge in [-0.2, -0.15) is 0 Å². The van der Waals surface area contributed by atoms with E-state index in [1.165, 1.54) is 32.1 Å². The average molecular weight is 427 g/mol. The van der Waals surface area contributed by atoms with Crippen LogP contribution in [0.25, 0.3) is 0 Å². The molecule has 31 heavy (non-hydrogen) atoms. The molecule has 1 aliphatic carbocycles. The monoisotopic (exact) mass is 426 g/mol. The van der Waals surface area contributed by atoms with Crippen LogP contribution < -0.4 is 10.1 Å². The van der Waals surface area contributed by atoms with E-state index in [1.54, 1.807) is 0 Å². The summed E-state index contributed by atoms with van der Waals surface area (Å²) in [6.45, 7) is 0.899. The minimum Gasteiger partial charge on any atom is -0.484 e. The topological polar surface area (TPSA) is 87.5 Å². The van der Waals surface area contributed by atoms with E-state index in [1.807, 2.05) is 41.2 Å². The standard InChI is InChI=1S/C23H30N4O4/c28-21(15-29-18-9-5-2-6-10-18)24-19-13-30-23-20(14-31-22(19)23)27-12-17(25-26-27)11-16-7-3-1-4-8-16/h2,5-6,9-10,12,16,19-20,22-23H,1,3-4,7-8,11,13-15H2,(H,24,28)/t19-,20-,22+,23+/m0/s1. The zero-order valence-electron chi connectivity index (χ0n) is 17.7. The summed E-state index contributed by atoms with van der Waals surface area (Å²) < 4.78 is 19.4. The predicted octanol–water partition coefficient (Wildman–Crippen LogP) is 2.30. The van der Waals surface area contributed by atoms with Crippen LogP contribution in [0.1, 0.15) is 43.8 Å². The molecule has 166 valence electrons. The zero-order chi connectivity index (χ0) is 21.0. The van der Waals surface area contributed by atoms with Gasteiger partial charge in [0.05, 0.1) is 24.9 Å². The molecule has 1 aromatic heterocycles. The largest absolute Gasteiger partial charge is 0.484 e. The highest BCUT2D eigenvalue weighted by atomic mass is 16.6. The van der Waals surface area contributed by atoms with E-state index in [-0.39, 0.29) is 36.8 Å². The van der Waals surface area contributed by atoms with Gasteiger partial charge in [-0.3, -0.25) is 4.79 Å². The number of ether oxygens (including phenoxy) is 3. The molecule has 0 spiro atoms. The van der Waals surface area contributed by atoms with Gasteiger partial charge in [0, 0.05) is 6.20 Å². The number of para-hydroxylation sites is 1. The molecular formula is C23H30N4O4. The minimum atomic E-state index is -0.188. The molecule has 2 aliphatic heterocycles. The van der Waals surface area contributed by atoms with Crippen molar-refractivity contribution < 1.29 is 19.0 Å². The lowest BCUT2D eigenvalue weighted by Crippen LogP contribution is -2.45. The fraction of sp³-hybridized carbons (Fsp3) is 0.609. The number of carbonyl (C=O) groups is 1. The van der Waals surface area contributed by atoms with Crippen LogP contribution in [0.2, 0.25) is 0 Å². The molecular weight excluding hydrogens is 396 g/mol. The third-order valence-electron chi connectivity index (χ3n) is 6.61. The highest BCUT2D eigenvalue weighted by molar-refractivity contribution is 5.78. The predicted molar refractivity (Wildman–Crippen MR) is 113 cm³/mol. The number of nitrogens with zero attached hydrogens (tertiary/aromatic N) is 3. The number of hydrogen-bond acceptors (Lipinski definition) is 6. The molecule has 1 amide bonds. The number of fused-ring (bicyclic) bond motifs is 1. The third kappa shape index (κ3) is 4.75. The lowest BCUT2D eigenvalue weighted by molar-refractivity contribution is -0.124. The van der Waals surface area contributed by atoms with Crippen LogP contribution >= 0.6 is 0 Å².